The number of amides is 1. The van der Waals surface area contributed by atoms with E-state index < -0.39 is 11.4 Å². The van der Waals surface area contributed by atoms with Gasteiger partial charge >= 0.3 is 0 Å². The van der Waals surface area contributed by atoms with Crippen molar-refractivity contribution in [2.24, 2.45) is 0 Å². The van der Waals surface area contributed by atoms with E-state index in [-0.39, 0.29) is 18.0 Å². The third kappa shape index (κ3) is 6.31. The van der Waals surface area contributed by atoms with Gasteiger partial charge in [-0.05, 0) is 33.0 Å². The van der Waals surface area contributed by atoms with E-state index in [1.807, 2.05) is 11.9 Å². The molecule has 5 heteroatoms. The van der Waals surface area contributed by atoms with Crippen LogP contribution in [0.3, 0.4) is 0 Å². The summed E-state index contributed by atoms with van der Waals surface area (Å²) in [5, 5.41) is 12.2. The third-order valence-electron chi connectivity index (χ3n) is 2.53. The maximum atomic E-state index is 13.3. The Hall–Kier alpha value is -1.46. The number of hydrogen-bond acceptors (Lipinski definition) is 3. The number of rotatable bonds is 6. The van der Waals surface area contributed by atoms with Crippen LogP contribution < -0.4 is 5.32 Å². The molecule has 0 atom stereocenters. The van der Waals surface area contributed by atoms with Gasteiger partial charge in [-0.1, -0.05) is 12.1 Å². The monoisotopic (exact) mass is 268 g/mol. The van der Waals surface area contributed by atoms with Crippen LogP contribution in [0.1, 0.15) is 20.3 Å². The van der Waals surface area contributed by atoms with Crippen molar-refractivity contribution in [3.63, 3.8) is 0 Å². The summed E-state index contributed by atoms with van der Waals surface area (Å²) in [4.78, 5) is 13.5. The number of para-hydroxylation sites is 1. The number of benzene rings is 1. The lowest BCUT2D eigenvalue weighted by Gasteiger charge is -2.25. The lowest BCUT2D eigenvalue weighted by Crippen LogP contribution is -2.37. The molecule has 0 fully saturated rings. The first-order valence-corrected chi connectivity index (χ1v) is 6.23. The van der Waals surface area contributed by atoms with Crippen molar-refractivity contribution in [1.82, 2.24) is 4.90 Å². The Morgan fingerprint density at radius 3 is 2.63 bits per heavy atom. The molecule has 1 amide bonds. The normalized spacial score (nSPS) is 11.7. The number of halogens is 1. The number of aliphatic hydroxyl groups is 1. The Kier molecular flexibility index (Phi) is 5.44. The average Bonchev–Trinajstić information content (AvgIpc) is 2.27. The van der Waals surface area contributed by atoms with Crippen LogP contribution in [0.5, 0.6) is 0 Å². The number of nitrogens with zero attached hydrogens (tertiary/aromatic N) is 1. The van der Waals surface area contributed by atoms with Crippen molar-refractivity contribution in [2.75, 3.05) is 25.5 Å². The quantitative estimate of drug-likeness (QED) is 0.828. The molecular weight excluding hydrogens is 247 g/mol. The summed E-state index contributed by atoms with van der Waals surface area (Å²) < 4.78 is 13.3. The second-order valence-electron chi connectivity index (χ2n) is 5.33. The van der Waals surface area contributed by atoms with Crippen LogP contribution in [-0.4, -0.2) is 41.7 Å². The fraction of sp³-hybridized carbons (Fsp3) is 0.500. The molecule has 2 N–H and O–H groups in total. The van der Waals surface area contributed by atoms with E-state index in [4.69, 9.17) is 0 Å². The number of hydrogen-bond donors (Lipinski definition) is 2. The first-order valence-electron chi connectivity index (χ1n) is 6.23. The van der Waals surface area contributed by atoms with Crippen molar-refractivity contribution in [1.29, 1.82) is 0 Å². The molecular formula is C14H21FN2O2. The van der Waals surface area contributed by atoms with Crippen molar-refractivity contribution >= 4 is 11.6 Å². The van der Waals surface area contributed by atoms with Crippen LogP contribution >= 0.6 is 0 Å². The Morgan fingerprint density at radius 2 is 2.05 bits per heavy atom. The van der Waals surface area contributed by atoms with Crippen LogP contribution in [0.2, 0.25) is 0 Å². The molecule has 0 aromatic heterocycles. The zero-order valence-corrected chi connectivity index (χ0v) is 11.6. The lowest BCUT2D eigenvalue weighted by molar-refractivity contribution is -0.116. The molecule has 19 heavy (non-hydrogen) atoms. The van der Waals surface area contributed by atoms with Gasteiger partial charge in [0.15, 0.2) is 0 Å². The number of anilines is 1. The van der Waals surface area contributed by atoms with E-state index in [1.165, 1.54) is 12.1 Å². The maximum Gasteiger partial charge on any atom is 0.225 e. The van der Waals surface area contributed by atoms with E-state index in [2.05, 4.69) is 5.32 Å². The lowest BCUT2D eigenvalue weighted by atomic mass is 10.1. The van der Waals surface area contributed by atoms with Crippen LogP contribution in [-0.2, 0) is 4.79 Å². The summed E-state index contributed by atoms with van der Waals surface area (Å²) in [7, 11) is 1.83. The zero-order chi connectivity index (χ0) is 14.5. The highest BCUT2D eigenvalue weighted by atomic mass is 19.1. The predicted molar refractivity (Wildman–Crippen MR) is 73.4 cm³/mol. The molecule has 0 bridgehead atoms. The molecule has 1 aromatic rings. The Labute approximate surface area is 113 Å². The molecule has 0 radical (unpaired) electrons. The van der Waals surface area contributed by atoms with Crippen LogP contribution in [0.25, 0.3) is 0 Å². The molecule has 0 unspecified atom stereocenters. The molecule has 0 saturated heterocycles. The highest BCUT2D eigenvalue weighted by Gasteiger charge is 2.16. The van der Waals surface area contributed by atoms with Gasteiger partial charge in [0.05, 0.1) is 11.3 Å². The summed E-state index contributed by atoms with van der Waals surface area (Å²) in [5.41, 5.74) is -0.603. The van der Waals surface area contributed by atoms with E-state index in [0.717, 1.165) is 0 Å². The first-order chi connectivity index (χ1) is 8.78. The first kappa shape index (κ1) is 15.6. The largest absolute Gasteiger partial charge is 0.389 e. The van der Waals surface area contributed by atoms with Crippen molar-refractivity contribution in [3.8, 4) is 0 Å². The molecule has 0 aliphatic rings. The summed E-state index contributed by atoms with van der Waals surface area (Å²) in [6, 6.07) is 6.06. The number of likely N-dealkylation sites (N-methyl/N-ethyl adjacent to an activating group) is 1. The Balaban J connectivity index is 2.38. The fourth-order valence-electron chi connectivity index (χ4n) is 1.81. The van der Waals surface area contributed by atoms with Gasteiger partial charge in [0.2, 0.25) is 5.91 Å². The molecule has 106 valence electrons. The van der Waals surface area contributed by atoms with Gasteiger partial charge in [0.25, 0.3) is 0 Å². The van der Waals surface area contributed by atoms with Gasteiger partial charge in [0, 0.05) is 19.5 Å². The summed E-state index contributed by atoms with van der Waals surface area (Å²) in [6.07, 6.45) is 0.251. The maximum absolute atomic E-state index is 13.3. The molecule has 0 heterocycles. The molecule has 0 aliphatic heterocycles. The second kappa shape index (κ2) is 6.63. The van der Waals surface area contributed by atoms with E-state index >= 15 is 0 Å². The number of carbonyl (C=O) groups excluding carboxylic acids is 1. The predicted octanol–water partition coefficient (Wildman–Crippen LogP) is 1.86. The van der Waals surface area contributed by atoms with Crippen LogP contribution in [0.15, 0.2) is 24.3 Å². The van der Waals surface area contributed by atoms with E-state index in [9.17, 15) is 14.3 Å². The average molecular weight is 268 g/mol. The fourth-order valence-corrected chi connectivity index (χ4v) is 1.81. The molecule has 0 spiro atoms. The SMILES string of the molecule is CN(CCC(=O)Nc1ccccc1F)CC(C)(C)O. The topological polar surface area (TPSA) is 52.6 Å². The van der Waals surface area contributed by atoms with Gasteiger partial charge in [-0.3, -0.25) is 4.79 Å². The highest BCUT2D eigenvalue weighted by molar-refractivity contribution is 5.90. The molecule has 0 aliphatic carbocycles. The Morgan fingerprint density at radius 1 is 1.42 bits per heavy atom. The van der Waals surface area contributed by atoms with Crippen LogP contribution in [0.4, 0.5) is 10.1 Å². The van der Waals surface area contributed by atoms with Crippen molar-refractivity contribution in [2.45, 2.75) is 25.9 Å². The number of nitrogens with one attached hydrogen (secondary N) is 1. The smallest absolute Gasteiger partial charge is 0.225 e. The van der Waals surface area contributed by atoms with Gasteiger partial charge in [0.1, 0.15) is 5.82 Å². The summed E-state index contributed by atoms with van der Waals surface area (Å²) in [5.74, 6) is -0.687. The van der Waals surface area contributed by atoms with Gasteiger partial charge in [-0.2, -0.15) is 0 Å². The van der Waals surface area contributed by atoms with E-state index in [0.29, 0.717) is 13.1 Å². The second-order valence-corrected chi connectivity index (χ2v) is 5.33. The summed E-state index contributed by atoms with van der Waals surface area (Å²) >= 11 is 0. The van der Waals surface area contributed by atoms with Crippen molar-refractivity contribution in [3.05, 3.63) is 30.1 Å². The summed E-state index contributed by atoms with van der Waals surface area (Å²) in [6.45, 7) is 4.40. The molecule has 4 nitrogen and oxygen atoms in total. The minimum atomic E-state index is -0.795. The standard InChI is InChI=1S/C14H21FN2O2/c1-14(2,19)10-17(3)9-8-13(18)16-12-7-5-4-6-11(12)15/h4-7,19H,8-10H2,1-3H3,(H,16,18). The van der Waals surface area contributed by atoms with Gasteiger partial charge in [-0.15, -0.1) is 0 Å². The van der Waals surface area contributed by atoms with Gasteiger partial charge < -0.3 is 15.3 Å². The van der Waals surface area contributed by atoms with Crippen LogP contribution in [0, 0.1) is 5.82 Å². The van der Waals surface area contributed by atoms with E-state index in [1.54, 1.807) is 26.0 Å². The minimum Gasteiger partial charge on any atom is -0.389 e. The Bertz CT molecular complexity index is 430. The van der Waals surface area contributed by atoms with Crippen molar-refractivity contribution < 1.29 is 14.3 Å². The zero-order valence-electron chi connectivity index (χ0n) is 11.6. The molecule has 1 aromatic carbocycles. The molecule has 0 saturated carbocycles. The minimum absolute atomic E-state index is 0.192. The van der Waals surface area contributed by atoms with Gasteiger partial charge in [-0.25, -0.2) is 4.39 Å². The molecule has 1 rings (SSSR count). The third-order valence-corrected chi connectivity index (χ3v) is 2.53. The highest BCUT2D eigenvalue weighted by Crippen LogP contribution is 2.12. The number of carbonyl (C=O) groups is 1.